The maximum atomic E-state index is 15.1. The van der Waals surface area contributed by atoms with E-state index in [1.54, 1.807) is 19.6 Å². The average molecular weight is 693 g/mol. The maximum absolute atomic E-state index is 15.1. The first-order valence-electron chi connectivity index (χ1n) is 19.0. The summed E-state index contributed by atoms with van der Waals surface area (Å²) in [5.41, 5.74) is 17.6. The van der Waals surface area contributed by atoms with Crippen LogP contribution in [0.2, 0.25) is 0 Å². The number of anilines is 2. The van der Waals surface area contributed by atoms with Crippen LogP contribution in [-0.4, -0.2) is 45.7 Å². The highest BCUT2D eigenvalue weighted by atomic mass is 16.2. The van der Waals surface area contributed by atoms with Gasteiger partial charge in [-0.25, -0.2) is 4.98 Å². The molecule has 3 aromatic rings. The molecule has 2 fully saturated rings. The molecule has 0 saturated heterocycles. The quantitative estimate of drug-likeness (QED) is 0.169. The number of benzene rings is 2. The number of imide groups is 1. The van der Waals surface area contributed by atoms with E-state index in [2.05, 4.69) is 74.2 Å². The van der Waals surface area contributed by atoms with E-state index in [0.717, 1.165) is 75.6 Å². The number of aromatic amines is 1. The van der Waals surface area contributed by atoms with Crippen LogP contribution in [0.5, 0.6) is 0 Å². The van der Waals surface area contributed by atoms with E-state index in [1.807, 2.05) is 12.1 Å². The van der Waals surface area contributed by atoms with Crippen LogP contribution in [0.15, 0.2) is 48.9 Å². The van der Waals surface area contributed by atoms with E-state index in [0.29, 0.717) is 12.1 Å². The van der Waals surface area contributed by atoms with Gasteiger partial charge in [-0.1, -0.05) is 59.6 Å². The Morgan fingerprint density at radius 1 is 0.922 bits per heavy atom. The number of hydrogen-bond acceptors (Lipinski definition) is 6. The lowest BCUT2D eigenvalue weighted by molar-refractivity contribution is -0.171. The summed E-state index contributed by atoms with van der Waals surface area (Å²) in [5.74, 6) is -0.235. The molecule has 1 heterocycles. The topological polar surface area (TPSA) is 147 Å². The zero-order valence-electron chi connectivity index (χ0n) is 31.3. The largest absolute Gasteiger partial charge is 0.399 e. The Kier molecular flexibility index (Phi) is 8.56. The summed E-state index contributed by atoms with van der Waals surface area (Å²) < 4.78 is 0. The van der Waals surface area contributed by atoms with Crippen molar-refractivity contribution in [2.24, 2.45) is 27.9 Å². The molecule has 3 amide bonds. The van der Waals surface area contributed by atoms with Gasteiger partial charge in [0.05, 0.1) is 23.2 Å². The first-order valence-corrected chi connectivity index (χ1v) is 19.0. The molecule has 0 spiro atoms. The Morgan fingerprint density at radius 2 is 1.65 bits per heavy atom. The molecule has 7 atom stereocenters. The average Bonchev–Trinajstić information content (AvgIpc) is 3.62. The molecule has 2 aromatic carbocycles. The van der Waals surface area contributed by atoms with Gasteiger partial charge < -0.3 is 21.8 Å². The lowest BCUT2D eigenvalue weighted by Crippen LogP contribution is -2.64. The second-order valence-corrected chi connectivity index (χ2v) is 17.5. The fourth-order valence-electron chi connectivity index (χ4n) is 11.6. The monoisotopic (exact) mass is 692 g/mol. The fraction of sp³-hybridized carbons (Fsp3) is 0.571. The van der Waals surface area contributed by atoms with E-state index in [4.69, 9.17) is 11.5 Å². The van der Waals surface area contributed by atoms with Crippen LogP contribution >= 0.6 is 0 Å². The van der Waals surface area contributed by atoms with Crippen LogP contribution in [0.25, 0.3) is 0 Å². The van der Waals surface area contributed by atoms with Gasteiger partial charge >= 0.3 is 0 Å². The summed E-state index contributed by atoms with van der Waals surface area (Å²) in [4.78, 5) is 51.7. The van der Waals surface area contributed by atoms with E-state index < -0.39 is 22.3 Å². The summed E-state index contributed by atoms with van der Waals surface area (Å²) in [6.45, 7) is 11.1. The number of carbonyl (C=O) groups is 3. The predicted octanol–water partition coefficient (Wildman–Crippen LogP) is 6.60. The highest BCUT2D eigenvalue weighted by Crippen LogP contribution is 2.66. The summed E-state index contributed by atoms with van der Waals surface area (Å²) in [6.07, 6.45) is 12.4. The molecule has 1 aromatic heterocycles. The van der Waals surface area contributed by atoms with Gasteiger partial charge in [-0.2, -0.15) is 0 Å². The highest BCUT2D eigenvalue weighted by Gasteiger charge is 2.65. The molecule has 2 saturated carbocycles. The van der Waals surface area contributed by atoms with Crippen molar-refractivity contribution in [2.75, 3.05) is 18.1 Å². The normalized spacial score (nSPS) is 33.1. The van der Waals surface area contributed by atoms with Crippen LogP contribution in [0.3, 0.4) is 0 Å². The number of aromatic nitrogens is 2. The summed E-state index contributed by atoms with van der Waals surface area (Å²) in [7, 11) is 1.74. The molecule has 272 valence electrons. The van der Waals surface area contributed by atoms with Gasteiger partial charge in [0.25, 0.3) is 0 Å². The van der Waals surface area contributed by atoms with Crippen LogP contribution in [0, 0.1) is 22.2 Å². The lowest BCUT2D eigenvalue weighted by atomic mass is 9.41. The van der Waals surface area contributed by atoms with E-state index >= 15 is 4.79 Å². The van der Waals surface area contributed by atoms with Crippen LogP contribution in [0.1, 0.15) is 114 Å². The van der Waals surface area contributed by atoms with E-state index in [9.17, 15) is 9.59 Å². The van der Waals surface area contributed by atoms with Crippen molar-refractivity contribution < 1.29 is 14.4 Å². The first-order chi connectivity index (χ1) is 24.1. The van der Waals surface area contributed by atoms with Crippen LogP contribution < -0.4 is 16.8 Å². The smallest absolute Gasteiger partial charge is 0.241 e. The Bertz CT molecular complexity index is 1870. The highest BCUT2D eigenvalue weighted by molar-refractivity contribution is 6.01. The van der Waals surface area contributed by atoms with Gasteiger partial charge in [-0.05, 0) is 120 Å². The Morgan fingerprint density at radius 3 is 2.39 bits per heavy atom. The van der Waals surface area contributed by atoms with E-state index in [-0.39, 0.29) is 34.5 Å². The molecule has 9 heteroatoms. The van der Waals surface area contributed by atoms with Gasteiger partial charge in [0.15, 0.2) is 0 Å². The Labute approximate surface area is 302 Å². The molecule has 6 N–H and O–H groups in total. The van der Waals surface area contributed by atoms with Gasteiger partial charge in [-0.3, -0.25) is 19.3 Å². The molecule has 0 radical (unpaired) electrons. The SMILES string of the molecule is CN(C(=O)[C@@]1(C)CCC[C@]2(C)c3cc(N)ccc3CC[C@@H]12)C(=O)[C@@]1(C)CCC[C@]2(C)c3cc(NC(=O)[C@@H](N)Cc4cnc[nH]4)ccc3CC[C@@]12C. The molecule has 4 aliphatic rings. The number of hydrogen-bond donors (Lipinski definition) is 4. The zero-order chi connectivity index (χ0) is 36.6. The number of fused-ring (bicyclic) bond motifs is 6. The third-order valence-corrected chi connectivity index (χ3v) is 14.9. The number of H-pyrrole nitrogens is 1. The molecule has 0 unspecified atom stereocenters. The van der Waals surface area contributed by atoms with Crippen molar-refractivity contribution in [1.82, 2.24) is 14.9 Å². The van der Waals surface area contributed by atoms with Crippen molar-refractivity contribution in [2.45, 2.75) is 122 Å². The number of aryl methyl sites for hydroxylation is 2. The molecular formula is C42H56N6O3. The number of nitrogens with two attached hydrogens (primary N) is 2. The molecule has 51 heavy (non-hydrogen) atoms. The van der Waals surface area contributed by atoms with Crippen LogP contribution in [-0.2, 0) is 44.5 Å². The zero-order valence-corrected chi connectivity index (χ0v) is 31.3. The predicted molar refractivity (Wildman–Crippen MR) is 201 cm³/mol. The van der Waals surface area contributed by atoms with Gasteiger partial charge in [0.1, 0.15) is 0 Å². The van der Waals surface area contributed by atoms with Gasteiger partial charge in [0.2, 0.25) is 17.7 Å². The summed E-state index contributed by atoms with van der Waals surface area (Å²) >= 11 is 0. The minimum absolute atomic E-state index is 0.0412. The Hall–Kier alpha value is -3.98. The number of nitrogens with one attached hydrogen (secondary N) is 2. The Balaban J connectivity index is 1.15. The summed E-state index contributed by atoms with van der Waals surface area (Å²) in [6, 6.07) is 11.7. The standard InChI is InChI=1S/C42H56N6O3/c1-38-16-7-17-39(2,34(38)14-11-26-9-12-28(43)21-31(26)38)36(50)48(6)37(51)41(4)19-8-18-40(3)32-22-29(13-10-27(32)15-20-42(40,41)5)47-35(49)33(44)23-30-24-45-25-46-30/h9-10,12-13,21-22,24-25,33-34H,7-8,11,14-20,23,43-44H2,1-6H3,(H,45,46)(H,47,49)/t33-,34+,38+,39-,40+,41+,42+/m0/s1. The molecule has 7 rings (SSSR count). The van der Waals surface area contributed by atoms with Crippen LogP contribution in [0.4, 0.5) is 11.4 Å². The number of nitrogens with zero attached hydrogens (tertiary/aromatic N) is 2. The fourth-order valence-corrected chi connectivity index (χ4v) is 11.6. The van der Waals surface area contributed by atoms with Gasteiger partial charge in [-0.15, -0.1) is 0 Å². The molecule has 0 aliphatic heterocycles. The van der Waals surface area contributed by atoms with Crippen molar-refractivity contribution in [3.63, 3.8) is 0 Å². The number of imidazole rings is 1. The molecular weight excluding hydrogens is 637 g/mol. The number of nitrogen functional groups attached to an aromatic ring is 1. The van der Waals surface area contributed by atoms with Crippen molar-refractivity contribution >= 4 is 29.1 Å². The molecule has 9 nitrogen and oxygen atoms in total. The lowest BCUT2D eigenvalue weighted by Gasteiger charge is -2.63. The second kappa shape index (κ2) is 12.3. The van der Waals surface area contributed by atoms with Crippen molar-refractivity contribution in [3.05, 3.63) is 76.9 Å². The third kappa shape index (κ3) is 5.28. The summed E-state index contributed by atoms with van der Waals surface area (Å²) in [5, 5.41) is 3.06. The third-order valence-electron chi connectivity index (χ3n) is 14.9. The minimum Gasteiger partial charge on any atom is -0.399 e. The molecule has 4 aliphatic carbocycles. The first kappa shape index (κ1) is 35.4. The number of carbonyl (C=O) groups excluding carboxylic acids is 3. The minimum atomic E-state index is -0.754. The maximum Gasteiger partial charge on any atom is 0.241 e. The molecule has 0 bridgehead atoms. The van der Waals surface area contributed by atoms with Gasteiger partial charge in [0, 0.05) is 36.7 Å². The number of rotatable bonds is 6. The van der Waals surface area contributed by atoms with E-state index in [1.165, 1.54) is 27.2 Å². The second-order valence-electron chi connectivity index (χ2n) is 17.5. The van der Waals surface area contributed by atoms with Crippen molar-refractivity contribution in [3.8, 4) is 0 Å². The number of amides is 3. The van der Waals surface area contributed by atoms with Crippen molar-refractivity contribution in [1.29, 1.82) is 0 Å².